The van der Waals surface area contributed by atoms with Gasteiger partial charge in [-0.3, -0.25) is 4.79 Å². The van der Waals surface area contributed by atoms with E-state index < -0.39 is 5.60 Å². The molecule has 112 valence electrons. The molecule has 1 aromatic rings. The van der Waals surface area contributed by atoms with E-state index >= 15 is 0 Å². The van der Waals surface area contributed by atoms with Gasteiger partial charge in [0.15, 0.2) is 0 Å². The standard InChI is InChI=1S/C16H18O5/c1-19-11-3-4-13-12(9-11)15(18)21-16(13)7-5-10(6-8-16)14(17)20-2/h3-4,9-10H,5-8H2,1-2H3. The summed E-state index contributed by atoms with van der Waals surface area (Å²) in [6, 6.07) is 5.46. The third-order valence-electron chi connectivity index (χ3n) is 4.55. The van der Waals surface area contributed by atoms with Gasteiger partial charge in [-0.2, -0.15) is 0 Å². The molecule has 3 rings (SSSR count). The zero-order valence-electron chi connectivity index (χ0n) is 12.2. The zero-order chi connectivity index (χ0) is 15.0. The lowest BCUT2D eigenvalue weighted by molar-refractivity contribution is -0.148. The SMILES string of the molecule is COC(=O)C1CCC2(CC1)OC(=O)c1cc(OC)ccc12. The third-order valence-corrected chi connectivity index (χ3v) is 4.55. The first-order valence-electron chi connectivity index (χ1n) is 7.09. The van der Waals surface area contributed by atoms with E-state index in [9.17, 15) is 9.59 Å². The van der Waals surface area contributed by atoms with Gasteiger partial charge in [-0.1, -0.05) is 6.07 Å². The molecule has 5 nitrogen and oxygen atoms in total. The Morgan fingerprint density at radius 3 is 2.62 bits per heavy atom. The van der Waals surface area contributed by atoms with E-state index in [-0.39, 0.29) is 17.9 Å². The van der Waals surface area contributed by atoms with E-state index in [2.05, 4.69) is 0 Å². The zero-order valence-corrected chi connectivity index (χ0v) is 12.2. The number of fused-ring (bicyclic) bond motifs is 2. The lowest BCUT2D eigenvalue weighted by Crippen LogP contribution is -2.34. The first kappa shape index (κ1) is 13.9. The Morgan fingerprint density at radius 1 is 1.29 bits per heavy atom. The van der Waals surface area contributed by atoms with Gasteiger partial charge < -0.3 is 14.2 Å². The molecule has 1 spiro atoms. The summed E-state index contributed by atoms with van der Waals surface area (Å²) in [5, 5.41) is 0. The summed E-state index contributed by atoms with van der Waals surface area (Å²) in [7, 11) is 2.98. The molecule has 0 amide bonds. The second-order valence-corrected chi connectivity index (χ2v) is 5.59. The molecule has 21 heavy (non-hydrogen) atoms. The second-order valence-electron chi connectivity index (χ2n) is 5.59. The van der Waals surface area contributed by atoms with E-state index in [0.29, 0.717) is 37.0 Å². The van der Waals surface area contributed by atoms with Crippen LogP contribution in [0.5, 0.6) is 5.75 Å². The molecule has 0 unspecified atom stereocenters. The second kappa shape index (κ2) is 5.06. The van der Waals surface area contributed by atoms with Crippen LogP contribution in [-0.2, 0) is 19.9 Å². The molecule has 2 aliphatic rings. The average molecular weight is 290 g/mol. The number of carbonyl (C=O) groups is 2. The number of rotatable bonds is 2. The summed E-state index contributed by atoms with van der Waals surface area (Å²) in [4.78, 5) is 23.7. The fourth-order valence-corrected chi connectivity index (χ4v) is 3.36. The summed E-state index contributed by atoms with van der Waals surface area (Å²) in [5.41, 5.74) is 0.908. The molecule has 0 atom stereocenters. The van der Waals surface area contributed by atoms with Crippen LogP contribution in [0.4, 0.5) is 0 Å². The van der Waals surface area contributed by atoms with E-state index in [4.69, 9.17) is 14.2 Å². The van der Waals surface area contributed by atoms with Crippen LogP contribution >= 0.6 is 0 Å². The molecule has 1 heterocycles. The molecule has 0 aromatic heterocycles. The molecule has 1 aromatic carbocycles. The van der Waals surface area contributed by atoms with Crippen LogP contribution in [0.1, 0.15) is 41.6 Å². The molecular weight excluding hydrogens is 272 g/mol. The summed E-state index contributed by atoms with van der Waals surface area (Å²) in [6.07, 6.45) is 2.65. The highest BCUT2D eigenvalue weighted by atomic mass is 16.6. The van der Waals surface area contributed by atoms with Gasteiger partial charge in [0.05, 0.1) is 25.7 Å². The summed E-state index contributed by atoms with van der Waals surface area (Å²) in [5.74, 6) is 0.0668. The van der Waals surface area contributed by atoms with Gasteiger partial charge in [0.1, 0.15) is 11.4 Å². The fourth-order valence-electron chi connectivity index (χ4n) is 3.36. The minimum Gasteiger partial charge on any atom is -0.497 e. The van der Waals surface area contributed by atoms with Gasteiger partial charge in [-0.05, 0) is 37.8 Å². The van der Waals surface area contributed by atoms with Crippen LogP contribution in [0, 0.1) is 5.92 Å². The molecule has 1 aliphatic carbocycles. The Morgan fingerprint density at radius 2 is 2.00 bits per heavy atom. The number of methoxy groups -OCH3 is 2. The molecule has 1 aliphatic heterocycles. The van der Waals surface area contributed by atoms with Crippen molar-refractivity contribution in [2.45, 2.75) is 31.3 Å². The van der Waals surface area contributed by atoms with Crippen molar-refractivity contribution < 1.29 is 23.8 Å². The van der Waals surface area contributed by atoms with E-state index in [0.717, 1.165) is 5.56 Å². The van der Waals surface area contributed by atoms with Gasteiger partial charge in [0.25, 0.3) is 0 Å². The van der Waals surface area contributed by atoms with Crippen LogP contribution in [0.2, 0.25) is 0 Å². The monoisotopic (exact) mass is 290 g/mol. The molecular formula is C16H18O5. The average Bonchev–Trinajstić information content (AvgIpc) is 2.79. The number of esters is 2. The normalized spacial score (nSPS) is 27.1. The Labute approximate surface area is 123 Å². The number of carbonyl (C=O) groups excluding carboxylic acids is 2. The molecule has 0 radical (unpaired) electrons. The molecule has 0 saturated heterocycles. The largest absolute Gasteiger partial charge is 0.497 e. The lowest BCUT2D eigenvalue weighted by atomic mass is 9.75. The summed E-state index contributed by atoms with van der Waals surface area (Å²) < 4.78 is 15.6. The Bertz CT molecular complexity index is 584. The van der Waals surface area contributed by atoms with Crippen molar-refractivity contribution in [2.75, 3.05) is 14.2 Å². The van der Waals surface area contributed by atoms with Gasteiger partial charge in [0, 0.05) is 5.56 Å². The van der Waals surface area contributed by atoms with E-state index in [1.54, 1.807) is 13.2 Å². The molecule has 0 bridgehead atoms. The highest BCUT2D eigenvalue weighted by Crippen LogP contribution is 2.48. The van der Waals surface area contributed by atoms with Crippen LogP contribution in [0.3, 0.4) is 0 Å². The van der Waals surface area contributed by atoms with Crippen molar-refractivity contribution in [1.29, 1.82) is 0 Å². The fraction of sp³-hybridized carbons (Fsp3) is 0.500. The Kier molecular flexibility index (Phi) is 3.35. The quantitative estimate of drug-likeness (QED) is 0.783. The number of ether oxygens (including phenoxy) is 3. The minimum atomic E-state index is -0.580. The Balaban J connectivity index is 1.87. The number of hydrogen-bond donors (Lipinski definition) is 0. The molecule has 1 saturated carbocycles. The van der Waals surface area contributed by atoms with Crippen molar-refractivity contribution in [3.8, 4) is 5.75 Å². The Hall–Kier alpha value is -2.04. The van der Waals surface area contributed by atoms with Crippen molar-refractivity contribution in [3.63, 3.8) is 0 Å². The van der Waals surface area contributed by atoms with Crippen molar-refractivity contribution in [2.24, 2.45) is 5.92 Å². The van der Waals surface area contributed by atoms with Crippen molar-refractivity contribution >= 4 is 11.9 Å². The predicted molar refractivity (Wildman–Crippen MR) is 74.1 cm³/mol. The highest BCUT2D eigenvalue weighted by Gasteiger charge is 2.48. The number of hydrogen-bond acceptors (Lipinski definition) is 5. The van der Waals surface area contributed by atoms with Gasteiger partial charge >= 0.3 is 11.9 Å². The first-order chi connectivity index (χ1) is 10.1. The first-order valence-corrected chi connectivity index (χ1v) is 7.09. The maximum atomic E-state index is 12.1. The highest BCUT2D eigenvalue weighted by molar-refractivity contribution is 5.95. The summed E-state index contributed by atoms with van der Waals surface area (Å²) >= 11 is 0. The predicted octanol–water partition coefficient (Wildman–Crippen LogP) is 2.42. The van der Waals surface area contributed by atoms with Crippen molar-refractivity contribution in [3.05, 3.63) is 29.3 Å². The summed E-state index contributed by atoms with van der Waals surface area (Å²) in [6.45, 7) is 0. The lowest BCUT2D eigenvalue weighted by Gasteiger charge is -2.35. The van der Waals surface area contributed by atoms with Crippen LogP contribution in [-0.4, -0.2) is 26.2 Å². The maximum Gasteiger partial charge on any atom is 0.339 e. The third kappa shape index (κ3) is 2.17. The van der Waals surface area contributed by atoms with Crippen molar-refractivity contribution in [1.82, 2.24) is 0 Å². The van der Waals surface area contributed by atoms with Gasteiger partial charge in [0.2, 0.25) is 0 Å². The van der Waals surface area contributed by atoms with Gasteiger partial charge in [-0.25, -0.2) is 4.79 Å². The molecule has 0 N–H and O–H groups in total. The molecule has 1 fully saturated rings. The topological polar surface area (TPSA) is 61.8 Å². The molecule has 5 heteroatoms. The van der Waals surface area contributed by atoms with Gasteiger partial charge in [-0.15, -0.1) is 0 Å². The maximum absolute atomic E-state index is 12.1. The van der Waals surface area contributed by atoms with Crippen LogP contribution in [0.25, 0.3) is 0 Å². The number of benzene rings is 1. The van der Waals surface area contributed by atoms with Crippen LogP contribution in [0.15, 0.2) is 18.2 Å². The van der Waals surface area contributed by atoms with E-state index in [1.807, 2.05) is 12.1 Å². The minimum absolute atomic E-state index is 0.0957. The van der Waals surface area contributed by atoms with E-state index in [1.165, 1.54) is 7.11 Å². The van der Waals surface area contributed by atoms with Crippen LogP contribution < -0.4 is 4.74 Å². The smallest absolute Gasteiger partial charge is 0.339 e.